The molecule has 1 aliphatic rings. The van der Waals surface area contributed by atoms with Gasteiger partial charge in [0.1, 0.15) is 11.3 Å². The van der Waals surface area contributed by atoms with E-state index in [9.17, 15) is 9.90 Å². The average molecular weight is 447 g/mol. The number of benzene rings is 2. The molecule has 2 heterocycles. The highest BCUT2D eigenvalue weighted by molar-refractivity contribution is 5.98. The molecular formula is C26H30N4O3. The summed E-state index contributed by atoms with van der Waals surface area (Å²) in [5, 5.41) is 10.4. The zero-order chi connectivity index (χ0) is 23.0. The summed E-state index contributed by atoms with van der Waals surface area (Å²) in [6.45, 7) is 5.94. The Morgan fingerprint density at radius 3 is 2.45 bits per heavy atom. The third-order valence-electron chi connectivity index (χ3n) is 6.01. The maximum atomic E-state index is 12.4. The van der Waals surface area contributed by atoms with Gasteiger partial charge in [0.15, 0.2) is 0 Å². The van der Waals surface area contributed by atoms with E-state index in [0.29, 0.717) is 18.8 Å². The minimum absolute atomic E-state index is 0.0816. The molecule has 2 aromatic carbocycles. The van der Waals surface area contributed by atoms with Gasteiger partial charge < -0.3 is 19.6 Å². The van der Waals surface area contributed by atoms with Crippen LogP contribution in [0.4, 0.5) is 11.4 Å². The van der Waals surface area contributed by atoms with Crippen molar-refractivity contribution in [3.8, 4) is 5.75 Å². The Bertz CT molecular complexity index is 1040. The molecule has 3 aromatic rings. The van der Waals surface area contributed by atoms with Crippen LogP contribution in [0.25, 0.3) is 0 Å². The van der Waals surface area contributed by atoms with E-state index in [1.807, 2.05) is 30.3 Å². The number of aromatic nitrogens is 1. The van der Waals surface area contributed by atoms with Crippen molar-refractivity contribution in [3.63, 3.8) is 0 Å². The van der Waals surface area contributed by atoms with Crippen LogP contribution in [-0.4, -0.2) is 67.3 Å². The highest BCUT2D eigenvalue weighted by Gasteiger charge is 2.23. The summed E-state index contributed by atoms with van der Waals surface area (Å²) in [6, 6.07) is 21.4. The number of carbonyl (C=O) groups excluding carboxylic acids is 1. The van der Waals surface area contributed by atoms with E-state index in [1.54, 1.807) is 12.3 Å². The van der Waals surface area contributed by atoms with Crippen molar-refractivity contribution >= 4 is 17.3 Å². The van der Waals surface area contributed by atoms with E-state index in [1.165, 1.54) is 18.9 Å². The molecule has 1 saturated heterocycles. The maximum Gasteiger partial charge on any atom is 0.343 e. The van der Waals surface area contributed by atoms with Crippen LogP contribution in [0, 0.1) is 0 Å². The lowest BCUT2D eigenvalue weighted by molar-refractivity contribution is 0.0598. The highest BCUT2D eigenvalue weighted by atomic mass is 16.5. The van der Waals surface area contributed by atoms with E-state index in [-0.39, 0.29) is 11.3 Å². The van der Waals surface area contributed by atoms with Crippen LogP contribution in [0.2, 0.25) is 0 Å². The number of esters is 1. The molecule has 172 valence electrons. The first-order chi connectivity index (χ1) is 16.2. The van der Waals surface area contributed by atoms with Crippen LogP contribution in [0.1, 0.15) is 16.1 Å². The quantitative estimate of drug-likeness (QED) is 0.532. The number of aromatic hydroxyl groups is 1. The van der Waals surface area contributed by atoms with Crippen molar-refractivity contribution < 1.29 is 14.6 Å². The number of pyridine rings is 1. The average Bonchev–Trinajstić information content (AvgIpc) is 2.87. The van der Waals surface area contributed by atoms with Crippen molar-refractivity contribution in [1.29, 1.82) is 0 Å². The van der Waals surface area contributed by atoms with Gasteiger partial charge in [0, 0.05) is 51.2 Å². The molecular weight excluding hydrogens is 416 g/mol. The minimum atomic E-state index is -0.550. The molecule has 0 unspecified atom stereocenters. The largest absolute Gasteiger partial charge is 0.507 e. The summed E-state index contributed by atoms with van der Waals surface area (Å²) in [5.41, 5.74) is 2.99. The Kier molecular flexibility index (Phi) is 7.42. The number of para-hydroxylation sites is 1. The predicted octanol–water partition coefficient (Wildman–Crippen LogP) is 3.40. The molecule has 1 aromatic heterocycles. The van der Waals surface area contributed by atoms with Gasteiger partial charge in [-0.05, 0) is 36.4 Å². The molecule has 1 aliphatic heterocycles. The standard InChI is InChI=1S/C26H30N4O3/c1-33-26(32)25-23(11-7-12-24(25)31)30(20-21-8-5-6-13-27-21)19-16-28-14-17-29(18-15-28)22-9-3-2-4-10-22/h2-13,31H,14-20H2,1H3. The second-order valence-electron chi connectivity index (χ2n) is 8.07. The Labute approximate surface area is 194 Å². The molecule has 0 amide bonds. The number of hydrogen-bond donors (Lipinski definition) is 1. The molecule has 0 saturated carbocycles. The van der Waals surface area contributed by atoms with Crippen molar-refractivity contribution in [2.75, 3.05) is 56.2 Å². The van der Waals surface area contributed by atoms with E-state index < -0.39 is 5.97 Å². The van der Waals surface area contributed by atoms with E-state index in [2.05, 4.69) is 43.9 Å². The second kappa shape index (κ2) is 10.8. The molecule has 0 spiro atoms. The molecule has 0 aliphatic carbocycles. The Morgan fingerprint density at radius 2 is 1.76 bits per heavy atom. The molecule has 0 radical (unpaired) electrons. The van der Waals surface area contributed by atoms with Crippen LogP contribution in [0.3, 0.4) is 0 Å². The van der Waals surface area contributed by atoms with Gasteiger partial charge in [-0.3, -0.25) is 9.88 Å². The fourth-order valence-electron chi connectivity index (χ4n) is 4.21. The minimum Gasteiger partial charge on any atom is -0.507 e. The van der Waals surface area contributed by atoms with Gasteiger partial charge in [-0.2, -0.15) is 0 Å². The third kappa shape index (κ3) is 5.62. The summed E-state index contributed by atoms with van der Waals surface area (Å²) in [7, 11) is 1.33. The molecule has 0 bridgehead atoms. The van der Waals surface area contributed by atoms with Crippen LogP contribution in [-0.2, 0) is 11.3 Å². The van der Waals surface area contributed by atoms with Gasteiger partial charge in [-0.25, -0.2) is 4.79 Å². The first kappa shape index (κ1) is 22.6. The summed E-state index contributed by atoms with van der Waals surface area (Å²) in [4.78, 5) is 23.8. The summed E-state index contributed by atoms with van der Waals surface area (Å²) in [6.07, 6.45) is 1.76. The number of rotatable bonds is 8. The lowest BCUT2D eigenvalue weighted by Gasteiger charge is -2.37. The van der Waals surface area contributed by atoms with Gasteiger partial charge in [-0.1, -0.05) is 30.3 Å². The number of anilines is 2. The SMILES string of the molecule is COC(=O)c1c(O)cccc1N(CCN1CCN(c2ccccc2)CC1)Cc1ccccn1. The third-order valence-corrected chi connectivity index (χ3v) is 6.01. The van der Waals surface area contributed by atoms with Crippen molar-refractivity contribution in [3.05, 3.63) is 84.2 Å². The van der Waals surface area contributed by atoms with Gasteiger partial charge in [0.25, 0.3) is 0 Å². The summed E-state index contributed by atoms with van der Waals surface area (Å²) < 4.78 is 4.95. The molecule has 0 atom stereocenters. The lowest BCUT2D eigenvalue weighted by atomic mass is 10.1. The predicted molar refractivity (Wildman–Crippen MR) is 130 cm³/mol. The van der Waals surface area contributed by atoms with E-state index >= 15 is 0 Å². The zero-order valence-electron chi connectivity index (χ0n) is 18.9. The summed E-state index contributed by atoms with van der Waals surface area (Å²) in [5.74, 6) is -0.632. The molecule has 1 N–H and O–H groups in total. The molecule has 7 heteroatoms. The van der Waals surface area contributed by atoms with Crippen molar-refractivity contribution in [1.82, 2.24) is 9.88 Å². The van der Waals surface area contributed by atoms with Gasteiger partial charge in [0.2, 0.25) is 0 Å². The van der Waals surface area contributed by atoms with Gasteiger partial charge >= 0.3 is 5.97 Å². The number of carbonyl (C=O) groups is 1. The number of phenols is 1. The first-order valence-corrected chi connectivity index (χ1v) is 11.2. The monoisotopic (exact) mass is 446 g/mol. The topological polar surface area (TPSA) is 69.1 Å². The number of ether oxygens (including phenoxy) is 1. The molecule has 7 nitrogen and oxygen atoms in total. The van der Waals surface area contributed by atoms with Crippen molar-refractivity contribution in [2.45, 2.75) is 6.54 Å². The van der Waals surface area contributed by atoms with Gasteiger partial charge in [0.05, 0.1) is 25.0 Å². The van der Waals surface area contributed by atoms with Crippen LogP contribution in [0.5, 0.6) is 5.75 Å². The van der Waals surface area contributed by atoms with E-state index in [0.717, 1.165) is 38.4 Å². The number of piperazine rings is 1. The Morgan fingerprint density at radius 1 is 1.00 bits per heavy atom. The smallest absolute Gasteiger partial charge is 0.343 e. The Balaban J connectivity index is 1.48. The van der Waals surface area contributed by atoms with E-state index in [4.69, 9.17) is 4.74 Å². The maximum absolute atomic E-state index is 12.4. The van der Waals surface area contributed by atoms with Crippen LogP contribution in [0.15, 0.2) is 72.9 Å². The number of methoxy groups -OCH3 is 1. The molecule has 33 heavy (non-hydrogen) atoms. The summed E-state index contributed by atoms with van der Waals surface area (Å²) >= 11 is 0. The molecule has 4 rings (SSSR count). The van der Waals surface area contributed by atoms with Crippen LogP contribution < -0.4 is 9.80 Å². The number of phenolic OH excluding ortho intramolecular Hbond substituents is 1. The van der Waals surface area contributed by atoms with Gasteiger partial charge in [-0.15, -0.1) is 0 Å². The fraction of sp³-hybridized carbons (Fsp3) is 0.308. The number of hydrogen-bond acceptors (Lipinski definition) is 7. The second-order valence-corrected chi connectivity index (χ2v) is 8.07. The highest BCUT2D eigenvalue weighted by Crippen LogP contribution is 2.30. The normalized spacial score (nSPS) is 14.2. The first-order valence-electron chi connectivity index (χ1n) is 11.2. The molecule has 1 fully saturated rings. The fourth-order valence-corrected chi connectivity index (χ4v) is 4.21. The lowest BCUT2D eigenvalue weighted by Crippen LogP contribution is -2.48. The zero-order valence-corrected chi connectivity index (χ0v) is 18.9. The van der Waals surface area contributed by atoms with Crippen LogP contribution >= 0.6 is 0 Å². The Hall–Kier alpha value is -3.58. The van der Waals surface area contributed by atoms with Crippen molar-refractivity contribution in [2.24, 2.45) is 0 Å². The number of nitrogens with zero attached hydrogens (tertiary/aromatic N) is 4.